The second kappa shape index (κ2) is 4.67. The van der Waals surface area contributed by atoms with Crippen LogP contribution in [-0.2, 0) is 6.42 Å². The van der Waals surface area contributed by atoms with Gasteiger partial charge >= 0.3 is 0 Å². The molecule has 2 aliphatic rings. The van der Waals surface area contributed by atoms with E-state index in [9.17, 15) is 5.11 Å². The van der Waals surface area contributed by atoms with E-state index in [2.05, 4.69) is 27.4 Å². The molecule has 2 unspecified atom stereocenters. The molecule has 94 valence electrons. The van der Waals surface area contributed by atoms with Crippen molar-refractivity contribution in [1.82, 2.24) is 0 Å². The van der Waals surface area contributed by atoms with E-state index in [1.807, 2.05) is 0 Å². The molecule has 1 N–H and O–H groups in total. The maximum absolute atomic E-state index is 10.8. The molecule has 3 rings (SSSR count). The maximum Gasteiger partial charge on any atom is 0.0699 e. The van der Waals surface area contributed by atoms with Gasteiger partial charge in [-0.2, -0.15) is 0 Å². The highest BCUT2D eigenvalue weighted by molar-refractivity contribution is 9.10. The molecular weight excluding hydrogens is 296 g/mol. The summed E-state index contributed by atoms with van der Waals surface area (Å²) in [5, 5.41) is 12.9. The molecule has 2 atom stereocenters. The average Bonchev–Trinajstić information content (AvgIpc) is 3.06. The van der Waals surface area contributed by atoms with Gasteiger partial charge < -0.3 is 5.11 Å². The van der Waals surface area contributed by atoms with E-state index >= 15 is 0 Å². The number of rotatable bonds is 3. The van der Waals surface area contributed by atoms with E-state index < -0.39 is 5.60 Å². The molecule has 0 bridgehead atoms. The molecule has 0 aliphatic heterocycles. The van der Waals surface area contributed by atoms with E-state index in [0.717, 1.165) is 31.1 Å². The van der Waals surface area contributed by atoms with Crippen molar-refractivity contribution in [2.24, 2.45) is 11.8 Å². The third-order valence-corrected chi connectivity index (χ3v) is 6.25. The quantitative estimate of drug-likeness (QED) is 0.877. The minimum atomic E-state index is -0.432. The summed E-state index contributed by atoms with van der Waals surface area (Å²) < 4.78 is 1.17. The van der Waals surface area contributed by atoms with Crippen LogP contribution in [0.2, 0.25) is 0 Å². The first kappa shape index (κ1) is 12.2. The zero-order valence-electron chi connectivity index (χ0n) is 9.99. The lowest BCUT2D eigenvalue weighted by Crippen LogP contribution is -2.37. The Labute approximate surface area is 115 Å². The Morgan fingerprint density at radius 3 is 2.82 bits per heavy atom. The summed E-state index contributed by atoms with van der Waals surface area (Å²) in [6.45, 7) is 0. The number of hydrogen-bond donors (Lipinski definition) is 1. The molecule has 1 aromatic rings. The van der Waals surface area contributed by atoms with Crippen molar-refractivity contribution in [2.75, 3.05) is 0 Å². The number of aliphatic hydroxyl groups is 1. The van der Waals surface area contributed by atoms with E-state index in [1.165, 1.54) is 35.0 Å². The summed E-state index contributed by atoms with van der Waals surface area (Å²) in [7, 11) is 0. The number of halogens is 1. The van der Waals surface area contributed by atoms with Crippen molar-refractivity contribution in [1.29, 1.82) is 0 Å². The Morgan fingerprint density at radius 2 is 2.18 bits per heavy atom. The molecule has 2 aliphatic carbocycles. The van der Waals surface area contributed by atoms with Crippen LogP contribution >= 0.6 is 27.3 Å². The fourth-order valence-electron chi connectivity index (χ4n) is 3.27. The first-order valence-corrected chi connectivity index (χ1v) is 8.28. The lowest BCUT2D eigenvalue weighted by atomic mass is 9.74. The van der Waals surface area contributed by atoms with Gasteiger partial charge in [-0.3, -0.25) is 0 Å². The predicted octanol–water partition coefficient (Wildman–Crippen LogP) is 4.38. The van der Waals surface area contributed by atoms with Crippen LogP contribution in [0.5, 0.6) is 0 Å². The second-order valence-electron chi connectivity index (χ2n) is 5.79. The van der Waals surface area contributed by atoms with Crippen LogP contribution in [0.3, 0.4) is 0 Å². The minimum absolute atomic E-state index is 0.432. The van der Waals surface area contributed by atoms with Crippen molar-refractivity contribution in [3.05, 3.63) is 20.8 Å². The molecule has 0 saturated heterocycles. The van der Waals surface area contributed by atoms with Crippen LogP contribution in [0, 0.1) is 11.8 Å². The molecule has 0 radical (unpaired) electrons. The molecule has 0 amide bonds. The Morgan fingerprint density at radius 1 is 1.35 bits per heavy atom. The van der Waals surface area contributed by atoms with E-state index in [0.29, 0.717) is 0 Å². The minimum Gasteiger partial charge on any atom is -0.390 e. The van der Waals surface area contributed by atoms with Crippen molar-refractivity contribution >= 4 is 27.3 Å². The largest absolute Gasteiger partial charge is 0.390 e. The van der Waals surface area contributed by atoms with Gasteiger partial charge in [0.2, 0.25) is 0 Å². The summed E-state index contributed by atoms with van der Waals surface area (Å²) in [4.78, 5) is 1.31. The standard InChI is InChI=1S/C14H19BrOS/c15-12-5-7-17-13(12)9-14(16)6-1-2-11(8-14)10-3-4-10/h5,7,10-11,16H,1-4,6,8-9H2. The van der Waals surface area contributed by atoms with E-state index in [1.54, 1.807) is 11.3 Å². The normalized spacial score (nSPS) is 33.9. The Balaban J connectivity index is 1.69. The zero-order valence-corrected chi connectivity index (χ0v) is 12.4. The van der Waals surface area contributed by atoms with Crippen molar-refractivity contribution in [3.63, 3.8) is 0 Å². The molecule has 0 aromatic carbocycles. The molecule has 0 spiro atoms. The van der Waals surface area contributed by atoms with Gasteiger partial charge in [-0.05, 0) is 71.3 Å². The first-order chi connectivity index (χ1) is 8.16. The summed E-state index contributed by atoms with van der Waals surface area (Å²) in [5.41, 5.74) is -0.432. The fraction of sp³-hybridized carbons (Fsp3) is 0.714. The van der Waals surface area contributed by atoms with Gasteiger partial charge in [0, 0.05) is 15.8 Å². The van der Waals surface area contributed by atoms with Gasteiger partial charge in [0.25, 0.3) is 0 Å². The van der Waals surface area contributed by atoms with Crippen LogP contribution in [-0.4, -0.2) is 10.7 Å². The highest BCUT2D eigenvalue weighted by Crippen LogP contribution is 2.47. The molecule has 1 aromatic heterocycles. The van der Waals surface area contributed by atoms with Crippen LogP contribution in [0.15, 0.2) is 15.9 Å². The van der Waals surface area contributed by atoms with Crippen LogP contribution in [0.4, 0.5) is 0 Å². The van der Waals surface area contributed by atoms with Crippen LogP contribution in [0.1, 0.15) is 43.4 Å². The molecular formula is C14H19BrOS. The summed E-state index contributed by atoms with van der Waals surface area (Å²) in [6.07, 6.45) is 8.23. The van der Waals surface area contributed by atoms with E-state index in [4.69, 9.17) is 0 Å². The van der Waals surface area contributed by atoms with Gasteiger partial charge in [0.05, 0.1) is 5.60 Å². The number of hydrogen-bond acceptors (Lipinski definition) is 2. The zero-order chi connectivity index (χ0) is 11.9. The topological polar surface area (TPSA) is 20.2 Å². The maximum atomic E-state index is 10.8. The number of thiophene rings is 1. The average molecular weight is 315 g/mol. The predicted molar refractivity (Wildman–Crippen MR) is 75.4 cm³/mol. The Kier molecular flexibility index (Phi) is 3.35. The van der Waals surface area contributed by atoms with Gasteiger partial charge in [0.15, 0.2) is 0 Å². The van der Waals surface area contributed by atoms with Gasteiger partial charge in [0.1, 0.15) is 0 Å². The highest BCUT2D eigenvalue weighted by atomic mass is 79.9. The van der Waals surface area contributed by atoms with Crippen molar-refractivity contribution < 1.29 is 5.11 Å². The van der Waals surface area contributed by atoms with Crippen LogP contribution in [0.25, 0.3) is 0 Å². The van der Waals surface area contributed by atoms with Crippen LogP contribution < -0.4 is 0 Å². The van der Waals surface area contributed by atoms with E-state index in [-0.39, 0.29) is 0 Å². The molecule has 17 heavy (non-hydrogen) atoms. The monoisotopic (exact) mass is 314 g/mol. The Hall–Kier alpha value is 0.140. The molecule has 2 fully saturated rings. The van der Waals surface area contributed by atoms with Gasteiger partial charge in [-0.1, -0.05) is 6.42 Å². The van der Waals surface area contributed by atoms with Crippen molar-refractivity contribution in [2.45, 2.75) is 50.5 Å². The summed E-state index contributed by atoms with van der Waals surface area (Å²) >= 11 is 5.33. The third kappa shape index (κ3) is 2.77. The molecule has 1 nitrogen and oxygen atoms in total. The SMILES string of the molecule is OC1(Cc2sccc2Br)CCCC(C2CC2)C1. The molecule has 2 saturated carbocycles. The third-order valence-electron chi connectivity index (χ3n) is 4.33. The fourth-order valence-corrected chi connectivity index (χ4v) is 4.89. The molecule has 3 heteroatoms. The first-order valence-electron chi connectivity index (χ1n) is 6.60. The van der Waals surface area contributed by atoms with Gasteiger partial charge in [-0.15, -0.1) is 11.3 Å². The Bertz CT molecular complexity index is 399. The second-order valence-corrected chi connectivity index (χ2v) is 7.64. The van der Waals surface area contributed by atoms with Crippen molar-refractivity contribution in [3.8, 4) is 0 Å². The molecule has 1 heterocycles. The summed E-state index contributed by atoms with van der Waals surface area (Å²) in [5.74, 6) is 1.74. The lowest BCUT2D eigenvalue weighted by Gasteiger charge is -2.37. The summed E-state index contributed by atoms with van der Waals surface area (Å²) in [6, 6.07) is 2.09. The smallest absolute Gasteiger partial charge is 0.0699 e. The van der Waals surface area contributed by atoms with Gasteiger partial charge in [-0.25, -0.2) is 0 Å². The highest BCUT2D eigenvalue weighted by Gasteiger charge is 2.41. The lowest BCUT2D eigenvalue weighted by molar-refractivity contribution is -0.0190.